The summed E-state index contributed by atoms with van der Waals surface area (Å²) in [5, 5.41) is 27.1. The molecule has 0 unspecified atom stereocenters. The van der Waals surface area contributed by atoms with Crippen LogP contribution >= 0.6 is 11.6 Å². The number of amides is 3. The quantitative estimate of drug-likeness (QED) is 0.126. The first kappa shape index (κ1) is 40.6. The molecule has 6 N–H and O–H groups in total. The molecule has 54 heavy (non-hydrogen) atoms. The van der Waals surface area contributed by atoms with Gasteiger partial charge in [-0.15, -0.1) is 0 Å². The standard InChI is InChI=1S/C29H27ClN8O2.2C2HF3O2/c30-24-16-32-28-34-23-12-18(14-31-15-23)6-7-20-13-21(33-26(24)37-28)8-9-25(20)36-29(40)35-22-10-11-38(17-22)27(39)19-4-2-1-3-5-19;2*3-2(4,5)1(6)7/h1-5,8-9,12-16,22H,6-7,10-11,17H2,(H2,35,36,40)(H2,32,33,34,37);2*(H,6,7)/t22-;;/m0../s1. The van der Waals surface area contributed by atoms with E-state index < -0.39 is 24.3 Å². The molecule has 0 radical (unpaired) electrons. The molecular formula is C33H29ClF6N8O6. The fraction of sp³-hybridized carbons (Fsp3) is 0.242. The molecule has 1 atom stereocenters. The van der Waals surface area contributed by atoms with Crippen molar-refractivity contribution in [3.8, 4) is 0 Å². The molecule has 0 saturated carbocycles. The largest absolute Gasteiger partial charge is 0.490 e. The Morgan fingerprint density at radius 1 is 0.852 bits per heavy atom. The summed E-state index contributed by atoms with van der Waals surface area (Å²) in [5.74, 6) is -4.68. The Morgan fingerprint density at radius 2 is 1.52 bits per heavy atom. The molecule has 1 saturated heterocycles. The number of nitrogens with one attached hydrogen (secondary N) is 4. The van der Waals surface area contributed by atoms with Crippen LogP contribution in [0, 0.1) is 0 Å². The molecule has 0 spiro atoms. The average molecular weight is 783 g/mol. The van der Waals surface area contributed by atoms with Gasteiger partial charge in [0.2, 0.25) is 5.95 Å². The summed E-state index contributed by atoms with van der Waals surface area (Å²) in [5.41, 5.74) is 4.87. The lowest BCUT2D eigenvalue weighted by Crippen LogP contribution is -2.40. The number of likely N-dealkylation sites (tertiary alicyclic amines) is 1. The summed E-state index contributed by atoms with van der Waals surface area (Å²) in [6, 6.07) is 16.5. The number of anilines is 5. The van der Waals surface area contributed by atoms with Gasteiger partial charge in [-0.05, 0) is 66.8 Å². The van der Waals surface area contributed by atoms with E-state index >= 15 is 0 Å². The van der Waals surface area contributed by atoms with Gasteiger partial charge in [0.25, 0.3) is 5.91 Å². The molecule has 21 heteroatoms. The second kappa shape index (κ2) is 17.6. The van der Waals surface area contributed by atoms with Crippen molar-refractivity contribution in [1.29, 1.82) is 0 Å². The van der Waals surface area contributed by atoms with Crippen LogP contribution in [-0.4, -0.2) is 85.4 Å². The van der Waals surface area contributed by atoms with Crippen molar-refractivity contribution >= 4 is 64.3 Å². The van der Waals surface area contributed by atoms with E-state index in [-0.39, 0.29) is 18.0 Å². The molecule has 3 amide bonds. The molecule has 14 nitrogen and oxygen atoms in total. The van der Waals surface area contributed by atoms with Crippen molar-refractivity contribution in [2.45, 2.75) is 37.7 Å². The molecule has 6 bridgehead atoms. The lowest BCUT2D eigenvalue weighted by Gasteiger charge is -2.18. The molecular weight excluding hydrogens is 754 g/mol. The lowest BCUT2D eigenvalue weighted by molar-refractivity contribution is -0.193. The number of rotatable bonds is 3. The van der Waals surface area contributed by atoms with Gasteiger partial charge < -0.3 is 36.4 Å². The predicted molar refractivity (Wildman–Crippen MR) is 182 cm³/mol. The highest BCUT2D eigenvalue weighted by atomic mass is 35.5. The number of halogens is 7. The second-order valence-corrected chi connectivity index (χ2v) is 11.8. The minimum atomic E-state index is -5.08. The Kier molecular flexibility index (Phi) is 13.2. The fourth-order valence-electron chi connectivity index (χ4n) is 4.92. The van der Waals surface area contributed by atoms with E-state index in [9.17, 15) is 35.9 Å². The molecule has 6 rings (SSSR count). The molecule has 4 heterocycles. The first-order valence-corrected chi connectivity index (χ1v) is 15.9. The summed E-state index contributed by atoms with van der Waals surface area (Å²) < 4.78 is 63.5. The number of aryl methyl sites for hydroxylation is 2. The highest BCUT2D eigenvalue weighted by molar-refractivity contribution is 6.32. The van der Waals surface area contributed by atoms with Crippen LogP contribution in [0.25, 0.3) is 0 Å². The van der Waals surface area contributed by atoms with E-state index in [0.717, 1.165) is 22.5 Å². The molecule has 2 aromatic heterocycles. The van der Waals surface area contributed by atoms with Crippen molar-refractivity contribution in [2.75, 3.05) is 29.0 Å². The van der Waals surface area contributed by atoms with E-state index in [0.29, 0.717) is 60.4 Å². The summed E-state index contributed by atoms with van der Waals surface area (Å²) >= 11 is 6.36. The number of nitrogens with zero attached hydrogens (tertiary/aromatic N) is 4. The molecule has 4 aromatic rings. The molecule has 1 fully saturated rings. The van der Waals surface area contributed by atoms with Crippen molar-refractivity contribution in [3.63, 3.8) is 0 Å². The molecule has 2 aliphatic rings. The molecule has 2 aliphatic heterocycles. The van der Waals surface area contributed by atoms with Gasteiger partial charge in [0.15, 0.2) is 5.82 Å². The Hall–Kier alpha value is -6.18. The zero-order valence-electron chi connectivity index (χ0n) is 27.5. The Morgan fingerprint density at radius 3 is 2.17 bits per heavy atom. The van der Waals surface area contributed by atoms with Gasteiger partial charge in [-0.2, -0.15) is 31.3 Å². The number of aromatic nitrogens is 3. The zero-order chi connectivity index (χ0) is 39.6. The van der Waals surface area contributed by atoms with Crippen LogP contribution in [0.5, 0.6) is 0 Å². The van der Waals surface area contributed by atoms with E-state index in [4.69, 9.17) is 31.4 Å². The summed E-state index contributed by atoms with van der Waals surface area (Å²) in [6.45, 7) is 1.06. The highest BCUT2D eigenvalue weighted by Crippen LogP contribution is 2.29. The number of urea groups is 1. The summed E-state index contributed by atoms with van der Waals surface area (Å²) in [6.07, 6.45) is -3.03. The molecule has 2 aromatic carbocycles. The van der Waals surface area contributed by atoms with Crippen molar-refractivity contribution in [3.05, 3.63) is 94.9 Å². The fourth-order valence-corrected chi connectivity index (χ4v) is 5.06. The van der Waals surface area contributed by atoms with E-state index in [2.05, 4.69) is 36.2 Å². The normalized spacial score (nSPS) is 14.7. The third-order valence-corrected chi connectivity index (χ3v) is 7.69. The number of fused-ring (bicyclic) bond motifs is 6. The lowest BCUT2D eigenvalue weighted by atomic mass is 10.0. The zero-order valence-corrected chi connectivity index (χ0v) is 28.3. The number of carbonyl (C=O) groups is 4. The SMILES string of the molecule is O=C(Nc1ccc2cc1CCc1cncc(c1)Nc1ncc(Cl)c(n1)N2)N[C@H]1CCN(C(=O)c2ccccc2)C1.O=C(O)C(F)(F)F.O=C(O)C(F)(F)F. The first-order valence-electron chi connectivity index (χ1n) is 15.5. The molecule has 286 valence electrons. The van der Waals surface area contributed by atoms with E-state index in [1.165, 1.54) is 6.20 Å². The molecule has 0 aliphatic carbocycles. The highest BCUT2D eigenvalue weighted by Gasteiger charge is 2.39. The maximum absolute atomic E-state index is 13.0. The van der Waals surface area contributed by atoms with Crippen LogP contribution in [0.15, 0.2) is 73.2 Å². The van der Waals surface area contributed by atoms with E-state index in [1.54, 1.807) is 23.2 Å². The number of alkyl halides is 6. The monoisotopic (exact) mass is 782 g/mol. The number of aliphatic carboxylic acids is 2. The van der Waals surface area contributed by atoms with Gasteiger partial charge in [-0.3, -0.25) is 9.78 Å². The Bertz CT molecular complexity index is 1960. The third-order valence-electron chi connectivity index (χ3n) is 7.41. The predicted octanol–water partition coefficient (Wildman–Crippen LogP) is 6.41. The third kappa shape index (κ3) is 11.9. The van der Waals surface area contributed by atoms with Crippen molar-refractivity contribution in [1.82, 2.24) is 25.2 Å². The maximum Gasteiger partial charge on any atom is 0.490 e. The number of carboxylic acid groups (broad SMARTS) is 2. The van der Waals surface area contributed by atoms with Crippen molar-refractivity contribution < 1.29 is 55.7 Å². The van der Waals surface area contributed by atoms with Gasteiger partial charge >= 0.3 is 30.3 Å². The van der Waals surface area contributed by atoms with Gasteiger partial charge in [-0.1, -0.05) is 29.8 Å². The van der Waals surface area contributed by atoms with Crippen LogP contribution in [0.4, 0.5) is 60.0 Å². The van der Waals surface area contributed by atoms with Crippen LogP contribution in [0.1, 0.15) is 27.9 Å². The maximum atomic E-state index is 13.0. The minimum Gasteiger partial charge on any atom is -0.475 e. The number of hydrogen-bond donors (Lipinski definition) is 6. The smallest absolute Gasteiger partial charge is 0.475 e. The van der Waals surface area contributed by atoms with Crippen LogP contribution in [0.3, 0.4) is 0 Å². The second-order valence-electron chi connectivity index (χ2n) is 11.4. The van der Waals surface area contributed by atoms with Gasteiger partial charge in [0.1, 0.15) is 5.02 Å². The summed E-state index contributed by atoms with van der Waals surface area (Å²) in [7, 11) is 0. The Labute approximate surface area is 306 Å². The summed E-state index contributed by atoms with van der Waals surface area (Å²) in [4.78, 5) is 58.5. The number of benzene rings is 2. The Balaban J connectivity index is 0.000000396. The number of pyridine rings is 1. The minimum absolute atomic E-state index is 0.0238. The number of hydrogen-bond acceptors (Lipinski definition) is 9. The first-order chi connectivity index (χ1) is 25.4. The van der Waals surface area contributed by atoms with Crippen LogP contribution in [0.2, 0.25) is 5.02 Å². The van der Waals surface area contributed by atoms with Crippen LogP contribution < -0.4 is 21.3 Å². The number of carbonyl (C=O) groups excluding carboxylic acids is 2. The van der Waals surface area contributed by atoms with Crippen LogP contribution in [-0.2, 0) is 22.4 Å². The van der Waals surface area contributed by atoms with Gasteiger partial charge in [-0.25, -0.2) is 19.4 Å². The average Bonchev–Trinajstić information content (AvgIpc) is 3.57. The van der Waals surface area contributed by atoms with Crippen molar-refractivity contribution in [2.24, 2.45) is 0 Å². The van der Waals surface area contributed by atoms with E-state index in [1.807, 2.05) is 48.7 Å². The van der Waals surface area contributed by atoms with Gasteiger partial charge in [0, 0.05) is 42.3 Å². The van der Waals surface area contributed by atoms with Gasteiger partial charge in [0.05, 0.1) is 18.1 Å². The number of carboxylic acids is 2. The topological polar surface area (TPSA) is 199 Å².